The number of pyridine rings is 1. The molecule has 0 aliphatic heterocycles. The van der Waals surface area contributed by atoms with Crippen LogP contribution in [0.3, 0.4) is 0 Å². The molecule has 1 heterocycles. The van der Waals surface area contributed by atoms with E-state index < -0.39 is 10.0 Å². The van der Waals surface area contributed by atoms with Gasteiger partial charge in [0.25, 0.3) is 10.0 Å². The van der Waals surface area contributed by atoms with Gasteiger partial charge in [0.05, 0.1) is 15.7 Å². The molecule has 0 radical (unpaired) electrons. The fourth-order valence-electron chi connectivity index (χ4n) is 1.55. The van der Waals surface area contributed by atoms with Gasteiger partial charge in [-0.1, -0.05) is 29.3 Å². The number of rotatable bonds is 3. The summed E-state index contributed by atoms with van der Waals surface area (Å²) in [4.78, 5) is 3.91. The van der Waals surface area contributed by atoms with E-state index in [1.807, 2.05) is 0 Å². The fraction of sp³-hybridized carbons (Fsp3) is 0.0833. The van der Waals surface area contributed by atoms with E-state index in [0.29, 0.717) is 5.69 Å². The molecule has 0 fully saturated rings. The molecule has 0 amide bonds. The smallest absolute Gasteiger partial charge is 0.264 e. The Bertz CT molecular complexity index is 763. The van der Waals surface area contributed by atoms with Crippen LogP contribution in [0.2, 0.25) is 10.0 Å². The molecule has 2 rings (SSSR count). The summed E-state index contributed by atoms with van der Waals surface area (Å²) in [5, 5.41) is 0.0836. The second kappa shape index (κ2) is 5.47. The number of anilines is 2. The zero-order chi connectivity index (χ0) is 14.9. The van der Waals surface area contributed by atoms with Gasteiger partial charge in [-0.2, -0.15) is 0 Å². The Labute approximate surface area is 126 Å². The third-order valence-corrected chi connectivity index (χ3v) is 4.75. The first-order valence-electron chi connectivity index (χ1n) is 5.51. The van der Waals surface area contributed by atoms with Crippen molar-refractivity contribution in [2.24, 2.45) is 0 Å². The van der Waals surface area contributed by atoms with Gasteiger partial charge in [-0.15, -0.1) is 0 Å². The van der Waals surface area contributed by atoms with Gasteiger partial charge in [0.1, 0.15) is 10.7 Å². The average Bonchev–Trinajstić information content (AvgIpc) is 2.35. The first kappa shape index (κ1) is 14.9. The van der Waals surface area contributed by atoms with E-state index in [9.17, 15) is 8.42 Å². The molecule has 3 N–H and O–H groups in total. The van der Waals surface area contributed by atoms with Crippen LogP contribution in [0.15, 0.2) is 35.2 Å². The van der Waals surface area contributed by atoms with Crippen molar-refractivity contribution in [3.63, 3.8) is 0 Å². The van der Waals surface area contributed by atoms with Gasteiger partial charge in [0.2, 0.25) is 0 Å². The minimum absolute atomic E-state index is 0.0217. The lowest BCUT2D eigenvalue weighted by atomic mass is 10.3. The van der Waals surface area contributed by atoms with Gasteiger partial charge < -0.3 is 5.73 Å². The summed E-state index contributed by atoms with van der Waals surface area (Å²) in [5.41, 5.74) is 6.33. The third kappa shape index (κ3) is 2.98. The second-order valence-corrected chi connectivity index (χ2v) is 6.48. The monoisotopic (exact) mass is 331 g/mol. The normalized spacial score (nSPS) is 11.3. The van der Waals surface area contributed by atoms with Crippen LogP contribution >= 0.6 is 23.2 Å². The molecular weight excluding hydrogens is 321 g/mol. The molecule has 0 saturated carbocycles. The highest BCUT2D eigenvalue weighted by molar-refractivity contribution is 7.92. The molecule has 1 aromatic carbocycles. The molecule has 0 aliphatic rings. The molecule has 1 aromatic heterocycles. The first-order chi connectivity index (χ1) is 9.31. The number of hydrogen-bond acceptors (Lipinski definition) is 4. The zero-order valence-electron chi connectivity index (χ0n) is 10.4. The predicted octanol–water partition coefficient (Wildman–Crippen LogP) is 3.08. The standard InChI is InChI=1S/C12H11Cl2N3O2S/c1-7-3-2-4-10(16-7)17-20(18,19)9-6-5-8(13)12(15)11(9)14/h2-6H,15H2,1H3,(H,16,17). The average molecular weight is 332 g/mol. The predicted molar refractivity (Wildman–Crippen MR) is 80.7 cm³/mol. The number of hydrogen-bond donors (Lipinski definition) is 2. The molecule has 0 aliphatic carbocycles. The first-order valence-corrected chi connectivity index (χ1v) is 7.75. The van der Waals surface area contributed by atoms with Crippen LogP contribution in [-0.2, 0) is 10.0 Å². The third-order valence-electron chi connectivity index (χ3n) is 2.51. The summed E-state index contributed by atoms with van der Waals surface area (Å²) in [5.74, 6) is 0.203. The quantitative estimate of drug-likeness (QED) is 0.846. The van der Waals surface area contributed by atoms with Crippen LogP contribution in [0.25, 0.3) is 0 Å². The van der Waals surface area contributed by atoms with Crippen molar-refractivity contribution in [3.8, 4) is 0 Å². The van der Waals surface area contributed by atoms with Gasteiger partial charge in [0, 0.05) is 5.69 Å². The Morgan fingerprint density at radius 1 is 1.20 bits per heavy atom. The number of aryl methyl sites for hydroxylation is 1. The van der Waals surface area contributed by atoms with Gasteiger partial charge in [-0.05, 0) is 31.2 Å². The molecule has 20 heavy (non-hydrogen) atoms. The summed E-state index contributed by atoms with van der Waals surface area (Å²) in [7, 11) is -3.88. The lowest BCUT2D eigenvalue weighted by Gasteiger charge is -2.11. The summed E-state index contributed by atoms with van der Waals surface area (Å²) < 4.78 is 26.9. The van der Waals surface area contributed by atoms with E-state index in [4.69, 9.17) is 28.9 Å². The summed E-state index contributed by atoms with van der Waals surface area (Å²) in [6.07, 6.45) is 0. The van der Waals surface area contributed by atoms with Gasteiger partial charge in [0.15, 0.2) is 0 Å². The van der Waals surface area contributed by atoms with E-state index >= 15 is 0 Å². The van der Waals surface area contributed by atoms with Crippen molar-refractivity contribution >= 4 is 44.7 Å². The number of benzene rings is 1. The maximum atomic E-state index is 12.3. The van der Waals surface area contributed by atoms with Gasteiger partial charge >= 0.3 is 0 Å². The number of nitrogens with zero attached hydrogens (tertiary/aromatic N) is 1. The Kier molecular flexibility index (Phi) is 4.08. The van der Waals surface area contributed by atoms with Crippen LogP contribution in [0, 0.1) is 6.92 Å². The van der Waals surface area contributed by atoms with Crippen molar-refractivity contribution < 1.29 is 8.42 Å². The van der Waals surface area contributed by atoms with E-state index in [1.54, 1.807) is 19.1 Å². The molecule has 2 aromatic rings. The molecule has 0 bridgehead atoms. The Hall–Kier alpha value is -1.50. The lowest BCUT2D eigenvalue weighted by molar-refractivity contribution is 0.601. The Morgan fingerprint density at radius 2 is 1.90 bits per heavy atom. The van der Waals surface area contributed by atoms with Crippen molar-refractivity contribution in [1.29, 1.82) is 0 Å². The summed E-state index contributed by atoms with van der Waals surface area (Å²) in [6.45, 7) is 1.76. The zero-order valence-corrected chi connectivity index (χ0v) is 12.7. The summed E-state index contributed by atoms with van der Waals surface area (Å²) >= 11 is 11.7. The lowest BCUT2D eigenvalue weighted by Crippen LogP contribution is -2.15. The number of nitrogen functional groups attached to an aromatic ring is 1. The Morgan fingerprint density at radius 3 is 2.55 bits per heavy atom. The van der Waals surface area contributed by atoms with Crippen molar-refractivity contribution in [3.05, 3.63) is 46.1 Å². The largest absolute Gasteiger partial charge is 0.396 e. The summed E-state index contributed by atoms with van der Waals surface area (Å²) in [6, 6.07) is 7.65. The highest BCUT2D eigenvalue weighted by atomic mass is 35.5. The number of aromatic nitrogens is 1. The van der Waals surface area contributed by atoms with E-state index in [0.717, 1.165) is 0 Å². The van der Waals surface area contributed by atoms with Crippen LogP contribution in [0.1, 0.15) is 5.69 Å². The molecule has 0 spiro atoms. The van der Waals surface area contributed by atoms with Gasteiger partial charge in [-0.3, -0.25) is 4.72 Å². The molecule has 0 atom stereocenters. The SMILES string of the molecule is Cc1cccc(NS(=O)(=O)c2ccc(Cl)c(N)c2Cl)n1. The highest BCUT2D eigenvalue weighted by Crippen LogP contribution is 2.33. The molecule has 0 saturated heterocycles. The molecule has 0 unspecified atom stereocenters. The van der Waals surface area contributed by atoms with Gasteiger partial charge in [-0.25, -0.2) is 13.4 Å². The number of nitrogens with one attached hydrogen (secondary N) is 1. The molecule has 5 nitrogen and oxygen atoms in total. The van der Waals surface area contributed by atoms with Crippen LogP contribution in [0.4, 0.5) is 11.5 Å². The number of nitrogens with two attached hydrogens (primary N) is 1. The maximum absolute atomic E-state index is 12.3. The number of halogens is 2. The van der Waals surface area contributed by atoms with E-state index in [2.05, 4.69) is 9.71 Å². The van der Waals surface area contributed by atoms with E-state index in [-0.39, 0.29) is 26.4 Å². The molecular formula is C12H11Cl2N3O2S. The maximum Gasteiger partial charge on any atom is 0.264 e. The Balaban J connectivity index is 2.44. The minimum Gasteiger partial charge on any atom is -0.396 e. The van der Waals surface area contributed by atoms with Crippen LogP contribution < -0.4 is 10.5 Å². The van der Waals surface area contributed by atoms with Crippen molar-refractivity contribution in [1.82, 2.24) is 4.98 Å². The van der Waals surface area contributed by atoms with Crippen LogP contribution in [-0.4, -0.2) is 13.4 Å². The fourth-order valence-corrected chi connectivity index (χ4v) is 3.32. The second-order valence-electron chi connectivity index (χ2n) is 4.04. The topological polar surface area (TPSA) is 85.1 Å². The highest BCUT2D eigenvalue weighted by Gasteiger charge is 2.21. The van der Waals surface area contributed by atoms with E-state index in [1.165, 1.54) is 18.2 Å². The van der Waals surface area contributed by atoms with Crippen molar-refractivity contribution in [2.75, 3.05) is 10.5 Å². The van der Waals surface area contributed by atoms with Crippen molar-refractivity contribution in [2.45, 2.75) is 11.8 Å². The van der Waals surface area contributed by atoms with Crippen LogP contribution in [0.5, 0.6) is 0 Å². The molecule has 106 valence electrons. The minimum atomic E-state index is -3.88. The molecule has 8 heteroatoms. The number of sulfonamides is 1.